The van der Waals surface area contributed by atoms with Gasteiger partial charge in [0.05, 0.1) is 18.2 Å². The van der Waals surface area contributed by atoms with Crippen molar-refractivity contribution in [3.63, 3.8) is 0 Å². The fourth-order valence-corrected chi connectivity index (χ4v) is 3.49. The summed E-state index contributed by atoms with van der Waals surface area (Å²) >= 11 is 1.32. The Labute approximate surface area is 162 Å². The molecule has 0 heterocycles. The highest BCUT2D eigenvalue weighted by molar-refractivity contribution is 7.99. The van der Waals surface area contributed by atoms with Gasteiger partial charge in [-0.05, 0) is 37.6 Å². The number of carbonyl (C=O) groups excluding carboxylic acids is 2. The summed E-state index contributed by atoms with van der Waals surface area (Å²) < 4.78 is 10.1. The highest BCUT2D eigenvalue weighted by Crippen LogP contribution is 2.33. The topological polar surface area (TPSA) is 88.4 Å². The number of benzene rings is 2. The zero-order valence-corrected chi connectivity index (χ0v) is 16.6. The Morgan fingerprint density at radius 3 is 2.59 bits per heavy atom. The number of methoxy groups -OCH3 is 1. The van der Waals surface area contributed by atoms with Gasteiger partial charge in [0.15, 0.2) is 0 Å². The van der Waals surface area contributed by atoms with Gasteiger partial charge in [0.1, 0.15) is 11.7 Å². The minimum atomic E-state index is -0.568. The van der Waals surface area contributed by atoms with Crippen LogP contribution in [0.15, 0.2) is 35.2 Å². The summed E-state index contributed by atoms with van der Waals surface area (Å²) in [5.41, 5.74) is 0.201. The zero-order chi connectivity index (χ0) is 20.0. The number of amides is 1. The first kappa shape index (κ1) is 20.6. The summed E-state index contributed by atoms with van der Waals surface area (Å²) in [6, 6.07) is 11.3. The lowest BCUT2D eigenvalue weighted by molar-refractivity contribution is 0.0529. The summed E-state index contributed by atoms with van der Waals surface area (Å²) in [6.45, 7) is 5.70. The molecule has 0 saturated heterocycles. The van der Waals surface area contributed by atoms with Crippen molar-refractivity contribution in [2.24, 2.45) is 0 Å². The third kappa shape index (κ3) is 5.38. The molecular formula is C20H22N2O4S. The van der Waals surface area contributed by atoms with Gasteiger partial charge in [0.25, 0.3) is 0 Å². The summed E-state index contributed by atoms with van der Waals surface area (Å²) in [7, 11) is 1.31. The Kier molecular flexibility index (Phi) is 6.70. The fraction of sp³-hybridized carbons (Fsp3) is 0.350. The van der Waals surface area contributed by atoms with Crippen molar-refractivity contribution in [3.8, 4) is 6.07 Å². The summed E-state index contributed by atoms with van der Waals surface area (Å²) in [5.74, 6) is -0.0260. The number of rotatable bonds is 5. The molecule has 7 heteroatoms. The molecule has 0 aliphatic heterocycles. The average molecular weight is 386 g/mol. The Bertz CT molecular complexity index is 897. The van der Waals surface area contributed by atoms with Crippen LogP contribution in [0, 0.1) is 11.3 Å². The Morgan fingerprint density at radius 1 is 1.26 bits per heavy atom. The summed E-state index contributed by atoms with van der Waals surface area (Å²) in [6.07, 6.45) is -0.504. The molecule has 27 heavy (non-hydrogen) atoms. The van der Waals surface area contributed by atoms with Gasteiger partial charge in [-0.2, -0.15) is 5.26 Å². The average Bonchev–Trinajstić information content (AvgIpc) is 2.62. The highest BCUT2D eigenvalue weighted by Gasteiger charge is 2.21. The van der Waals surface area contributed by atoms with Crippen LogP contribution < -0.4 is 5.32 Å². The molecule has 0 saturated carbocycles. The van der Waals surface area contributed by atoms with Crippen molar-refractivity contribution in [2.45, 2.75) is 31.3 Å². The molecule has 0 unspecified atom stereocenters. The lowest BCUT2D eigenvalue weighted by atomic mass is 10.0. The van der Waals surface area contributed by atoms with Crippen LogP contribution >= 0.6 is 11.8 Å². The van der Waals surface area contributed by atoms with Crippen molar-refractivity contribution in [3.05, 3.63) is 41.5 Å². The van der Waals surface area contributed by atoms with E-state index in [1.165, 1.54) is 18.9 Å². The molecule has 0 spiro atoms. The number of nitrogens with one attached hydrogen (secondary N) is 1. The first-order chi connectivity index (χ1) is 12.8. The highest BCUT2D eigenvalue weighted by atomic mass is 32.2. The van der Waals surface area contributed by atoms with Gasteiger partial charge >= 0.3 is 12.1 Å². The van der Waals surface area contributed by atoms with Gasteiger partial charge in [-0.1, -0.05) is 24.3 Å². The lowest BCUT2D eigenvalue weighted by Crippen LogP contribution is -2.33. The van der Waals surface area contributed by atoms with Crippen molar-refractivity contribution in [1.82, 2.24) is 5.32 Å². The molecule has 0 aromatic heterocycles. The number of thioether (sulfide) groups is 1. The van der Waals surface area contributed by atoms with Gasteiger partial charge in [-0.25, -0.2) is 9.59 Å². The van der Waals surface area contributed by atoms with Crippen LogP contribution in [-0.4, -0.2) is 37.1 Å². The zero-order valence-electron chi connectivity index (χ0n) is 15.8. The van der Waals surface area contributed by atoms with Crippen molar-refractivity contribution in [2.75, 3.05) is 19.4 Å². The maximum absolute atomic E-state index is 12.4. The molecule has 6 nitrogen and oxygen atoms in total. The van der Waals surface area contributed by atoms with Crippen LogP contribution in [0.3, 0.4) is 0 Å². The van der Waals surface area contributed by atoms with Crippen LogP contribution in [0.25, 0.3) is 10.8 Å². The second kappa shape index (κ2) is 8.78. The molecule has 2 rings (SSSR count). The number of carbonyl (C=O) groups is 2. The van der Waals surface area contributed by atoms with Gasteiger partial charge in [-0.3, -0.25) is 0 Å². The van der Waals surface area contributed by atoms with Crippen LogP contribution in [0.2, 0.25) is 0 Å². The van der Waals surface area contributed by atoms with Gasteiger partial charge < -0.3 is 14.8 Å². The monoisotopic (exact) mass is 386 g/mol. The van der Waals surface area contributed by atoms with E-state index in [-0.39, 0.29) is 0 Å². The molecule has 0 aliphatic carbocycles. The van der Waals surface area contributed by atoms with E-state index in [0.717, 1.165) is 10.8 Å². The number of nitrogens with zero attached hydrogens (tertiary/aromatic N) is 1. The molecule has 0 aliphatic rings. The van der Waals surface area contributed by atoms with E-state index in [0.29, 0.717) is 28.3 Å². The summed E-state index contributed by atoms with van der Waals surface area (Å²) in [5, 5.41) is 13.7. The van der Waals surface area contributed by atoms with Crippen LogP contribution in [0.4, 0.5) is 4.79 Å². The van der Waals surface area contributed by atoms with Crippen LogP contribution in [0.5, 0.6) is 0 Å². The standard InChI is InChI=1S/C20H22N2O4S/c1-20(2,3)26-19(24)22-9-10-27-17-14(12-21)11-13-7-5-6-8-15(13)16(17)18(23)25-4/h5-8,11H,9-10H2,1-4H3,(H,22,24). The molecule has 1 N–H and O–H groups in total. The van der Waals surface area contributed by atoms with E-state index in [9.17, 15) is 14.9 Å². The number of hydrogen-bond acceptors (Lipinski definition) is 6. The largest absolute Gasteiger partial charge is 0.465 e. The number of nitriles is 1. The van der Waals surface area contributed by atoms with E-state index in [1.807, 2.05) is 24.3 Å². The Hall–Kier alpha value is -2.72. The van der Waals surface area contributed by atoms with Gasteiger partial charge in [0.2, 0.25) is 0 Å². The minimum absolute atomic E-state index is 0.331. The molecule has 2 aromatic carbocycles. The number of alkyl carbamates (subject to hydrolysis) is 1. The van der Waals surface area contributed by atoms with E-state index >= 15 is 0 Å². The number of fused-ring (bicyclic) bond motifs is 1. The van der Waals surface area contributed by atoms with Crippen LogP contribution in [-0.2, 0) is 9.47 Å². The molecule has 0 atom stereocenters. The number of ether oxygens (including phenoxy) is 2. The second-order valence-electron chi connectivity index (χ2n) is 6.73. The molecule has 1 amide bonds. The second-order valence-corrected chi connectivity index (χ2v) is 7.84. The SMILES string of the molecule is COC(=O)c1c(SCCNC(=O)OC(C)(C)C)c(C#N)cc2ccccc12. The third-order valence-corrected chi connectivity index (χ3v) is 4.65. The van der Waals surface area contributed by atoms with Gasteiger partial charge in [0, 0.05) is 17.2 Å². The predicted octanol–water partition coefficient (Wildman–Crippen LogP) is 4.11. The minimum Gasteiger partial charge on any atom is -0.465 e. The first-order valence-corrected chi connectivity index (χ1v) is 9.39. The molecule has 142 valence electrons. The normalized spacial score (nSPS) is 10.9. The predicted molar refractivity (Wildman–Crippen MR) is 105 cm³/mol. The van der Waals surface area contributed by atoms with Crippen molar-refractivity contribution < 1.29 is 19.1 Å². The third-order valence-electron chi connectivity index (χ3n) is 3.53. The molecular weight excluding hydrogens is 364 g/mol. The maximum atomic E-state index is 12.4. The number of hydrogen-bond donors (Lipinski definition) is 1. The molecule has 0 bridgehead atoms. The van der Waals surface area contributed by atoms with E-state index in [2.05, 4.69) is 11.4 Å². The van der Waals surface area contributed by atoms with Gasteiger partial charge in [-0.15, -0.1) is 11.8 Å². The summed E-state index contributed by atoms with van der Waals surface area (Å²) in [4.78, 5) is 24.6. The smallest absolute Gasteiger partial charge is 0.407 e. The maximum Gasteiger partial charge on any atom is 0.407 e. The number of esters is 1. The Balaban J connectivity index is 2.23. The first-order valence-electron chi connectivity index (χ1n) is 8.40. The molecule has 0 radical (unpaired) electrons. The van der Waals surface area contributed by atoms with E-state index in [1.54, 1.807) is 26.8 Å². The molecule has 2 aromatic rings. The van der Waals surface area contributed by atoms with E-state index in [4.69, 9.17) is 9.47 Å². The Morgan fingerprint density at radius 2 is 1.96 bits per heavy atom. The van der Waals surface area contributed by atoms with Crippen molar-refractivity contribution >= 4 is 34.6 Å². The molecule has 0 fully saturated rings. The fourth-order valence-electron chi connectivity index (χ4n) is 2.49. The quantitative estimate of drug-likeness (QED) is 0.472. The van der Waals surface area contributed by atoms with Crippen LogP contribution in [0.1, 0.15) is 36.7 Å². The van der Waals surface area contributed by atoms with E-state index < -0.39 is 17.7 Å². The lowest BCUT2D eigenvalue weighted by Gasteiger charge is -2.19. The van der Waals surface area contributed by atoms with Crippen molar-refractivity contribution in [1.29, 1.82) is 5.26 Å².